The minimum absolute atomic E-state index is 0.434. The Labute approximate surface area is 122 Å². The number of hydrogen-bond acceptors (Lipinski definition) is 5. The van der Waals surface area contributed by atoms with Crippen molar-refractivity contribution in [2.45, 2.75) is 51.5 Å². The van der Waals surface area contributed by atoms with Crippen molar-refractivity contribution in [1.82, 2.24) is 9.97 Å². The zero-order valence-electron chi connectivity index (χ0n) is 11.3. The first kappa shape index (κ1) is 14.5. The smallest absolute Gasteiger partial charge is 0.239 e. The van der Waals surface area contributed by atoms with Crippen LogP contribution in [0.1, 0.15) is 45.4 Å². The predicted molar refractivity (Wildman–Crippen MR) is 81.8 cm³/mol. The molecule has 4 N–H and O–H groups in total. The summed E-state index contributed by atoms with van der Waals surface area (Å²) in [7, 11) is 0. The van der Waals surface area contributed by atoms with Crippen LogP contribution in [0.4, 0.5) is 11.8 Å². The van der Waals surface area contributed by atoms with E-state index in [0.29, 0.717) is 12.0 Å². The van der Waals surface area contributed by atoms with Crippen LogP contribution in [0.2, 0.25) is 0 Å². The van der Waals surface area contributed by atoms with Crippen molar-refractivity contribution in [3.63, 3.8) is 0 Å². The SMILES string of the molecule is CCC(Nc1nc(NN)ncc1Br)C1CCCCC1. The van der Waals surface area contributed by atoms with Crippen molar-refractivity contribution in [2.75, 3.05) is 10.7 Å². The number of aromatic nitrogens is 2. The van der Waals surface area contributed by atoms with Gasteiger partial charge in [0, 0.05) is 12.2 Å². The first-order chi connectivity index (χ1) is 9.24. The molecule has 0 radical (unpaired) electrons. The van der Waals surface area contributed by atoms with Crippen molar-refractivity contribution >= 4 is 27.7 Å². The van der Waals surface area contributed by atoms with Crippen LogP contribution in [0.25, 0.3) is 0 Å². The van der Waals surface area contributed by atoms with Crippen LogP contribution in [0.15, 0.2) is 10.7 Å². The van der Waals surface area contributed by atoms with Crippen LogP contribution in [0, 0.1) is 5.92 Å². The van der Waals surface area contributed by atoms with Crippen LogP contribution in [-0.4, -0.2) is 16.0 Å². The number of hydrogen-bond donors (Lipinski definition) is 3. The molecule has 1 heterocycles. The van der Waals surface area contributed by atoms with Crippen LogP contribution in [0.5, 0.6) is 0 Å². The van der Waals surface area contributed by atoms with Gasteiger partial charge in [-0.3, -0.25) is 5.43 Å². The second-order valence-corrected chi connectivity index (χ2v) is 5.95. The Morgan fingerprint density at radius 2 is 2.16 bits per heavy atom. The lowest BCUT2D eigenvalue weighted by Gasteiger charge is -2.30. The van der Waals surface area contributed by atoms with Gasteiger partial charge in [-0.1, -0.05) is 26.2 Å². The van der Waals surface area contributed by atoms with E-state index in [1.54, 1.807) is 6.20 Å². The van der Waals surface area contributed by atoms with Gasteiger partial charge in [-0.25, -0.2) is 10.8 Å². The minimum Gasteiger partial charge on any atom is -0.366 e. The summed E-state index contributed by atoms with van der Waals surface area (Å²) >= 11 is 3.49. The number of nitrogens with zero attached hydrogens (tertiary/aromatic N) is 2. The number of nitrogen functional groups attached to an aromatic ring is 1. The van der Waals surface area contributed by atoms with Crippen molar-refractivity contribution in [1.29, 1.82) is 0 Å². The van der Waals surface area contributed by atoms with Gasteiger partial charge in [0.25, 0.3) is 0 Å². The third kappa shape index (κ3) is 3.79. The quantitative estimate of drug-likeness (QED) is 0.571. The van der Waals surface area contributed by atoms with E-state index in [-0.39, 0.29) is 0 Å². The van der Waals surface area contributed by atoms with Gasteiger partial charge in [0.1, 0.15) is 5.82 Å². The van der Waals surface area contributed by atoms with E-state index in [0.717, 1.165) is 22.6 Å². The van der Waals surface area contributed by atoms with E-state index in [4.69, 9.17) is 5.84 Å². The fourth-order valence-electron chi connectivity index (χ4n) is 2.80. The maximum absolute atomic E-state index is 5.36. The van der Waals surface area contributed by atoms with Crippen molar-refractivity contribution in [3.05, 3.63) is 10.7 Å². The summed E-state index contributed by atoms with van der Waals surface area (Å²) in [5.74, 6) is 7.36. The minimum atomic E-state index is 0.434. The molecule has 0 aromatic carbocycles. The summed E-state index contributed by atoms with van der Waals surface area (Å²) in [4.78, 5) is 8.44. The molecule has 1 aliphatic rings. The third-order valence-electron chi connectivity index (χ3n) is 3.85. The predicted octanol–water partition coefficient (Wildman–Crippen LogP) is 3.30. The highest BCUT2D eigenvalue weighted by molar-refractivity contribution is 9.10. The molecule has 0 bridgehead atoms. The fraction of sp³-hybridized carbons (Fsp3) is 0.692. The van der Waals surface area contributed by atoms with E-state index in [1.165, 1.54) is 32.1 Å². The molecule has 0 amide bonds. The second-order valence-electron chi connectivity index (χ2n) is 5.09. The van der Waals surface area contributed by atoms with E-state index >= 15 is 0 Å². The number of nitrogens with two attached hydrogens (primary N) is 1. The Bertz CT molecular complexity index is 406. The lowest BCUT2D eigenvalue weighted by Crippen LogP contribution is -2.30. The molecular formula is C13H22BrN5. The monoisotopic (exact) mass is 327 g/mol. The maximum Gasteiger partial charge on any atom is 0.239 e. The fourth-order valence-corrected chi connectivity index (χ4v) is 3.11. The Morgan fingerprint density at radius 3 is 2.79 bits per heavy atom. The van der Waals surface area contributed by atoms with Gasteiger partial charge >= 0.3 is 0 Å². The molecule has 1 aromatic rings. The second kappa shape index (κ2) is 7.05. The molecule has 1 saturated carbocycles. The van der Waals surface area contributed by atoms with Crippen molar-refractivity contribution < 1.29 is 0 Å². The summed E-state index contributed by atoms with van der Waals surface area (Å²) in [6.45, 7) is 2.23. The molecule has 5 nitrogen and oxygen atoms in total. The van der Waals surface area contributed by atoms with Gasteiger partial charge in [0.05, 0.1) is 4.47 Å². The Morgan fingerprint density at radius 1 is 1.42 bits per heavy atom. The molecule has 2 rings (SSSR count). The van der Waals surface area contributed by atoms with Gasteiger partial charge < -0.3 is 5.32 Å². The van der Waals surface area contributed by atoms with Crippen LogP contribution < -0.4 is 16.6 Å². The van der Waals surface area contributed by atoms with E-state index < -0.39 is 0 Å². The maximum atomic E-state index is 5.36. The van der Waals surface area contributed by atoms with Gasteiger partial charge in [-0.15, -0.1) is 0 Å². The zero-order valence-corrected chi connectivity index (χ0v) is 12.9. The molecule has 0 aliphatic heterocycles. The Hall–Kier alpha value is -0.880. The van der Waals surface area contributed by atoms with Gasteiger partial charge in [-0.05, 0) is 41.1 Å². The number of halogens is 1. The van der Waals surface area contributed by atoms with Crippen molar-refractivity contribution in [3.8, 4) is 0 Å². The lowest BCUT2D eigenvalue weighted by atomic mass is 9.83. The number of nitrogens with one attached hydrogen (secondary N) is 2. The average Bonchev–Trinajstić information content (AvgIpc) is 2.47. The first-order valence-corrected chi connectivity index (χ1v) is 7.79. The number of hydrazine groups is 1. The van der Waals surface area contributed by atoms with Gasteiger partial charge in [0.2, 0.25) is 5.95 Å². The molecule has 106 valence electrons. The molecule has 0 spiro atoms. The van der Waals surface area contributed by atoms with E-state index in [1.807, 2.05) is 0 Å². The van der Waals surface area contributed by atoms with E-state index in [9.17, 15) is 0 Å². The molecule has 6 heteroatoms. The molecule has 1 aromatic heterocycles. The zero-order chi connectivity index (χ0) is 13.7. The van der Waals surface area contributed by atoms with Gasteiger partial charge in [0.15, 0.2) is 0 Å². The number of anilines is 2. The Kier molecular flexibility index (Phi) is 5.39. The summed E-state index contributed by atoms with van der Waals surface area (Å²) in [5.41, 5.74) is 2.48. The van der Waals surface area contributed by atoms with Crippen LogP contribution >= 0.6 is 15.9 Å². The third-order valence-corrected chi connectivity index (χ3v) is 4.43. The van der Waals surface area contributed by atoms with Gasteiger partial charge in [-0.2, -0.15) is 4.98 Å². The normalized spacial score (nSPS) is 18.1. The summed E-state index contributed by atoms with van der Waals surface area (Å²) in [6.07, 6.45) is 9.54. The van der Waals surface area contributed by atoms with Crippen LogP contribution in [0.3, 0.4) is 0 Å². The summed E-state index contributed by atoms with van der Waals surface area (Å²) in [5, 5.41) is 3.55. The number of rotatable bonds is 5. The van der Waals surface area contributed by atoms with Crippen LogP contribution in [-0.2, 0) is 0 Å². The summed E-state index contributed by atoms with van der Waals surface area (Å²) < 4.78 is 0.876. The van der Waals surface area contributed by atoms with E-state index in [2.05, 4.69) is 43.6 Å². The average molecular weight is 328 g/mol. The molecular weight excluding hydrogens is 306 g/mol. The standard InChI is InChI=1S/C13H22BrN5/c1-2-11(9-6-4-3-5-7-9)17-12-10(14)8-16-13(18-12)19-15/h8-9,11H,2-7,15H2,1H3,(H2,16,17,18,19). The highest BCUT2D eigenvalue weighted by Crippen LogP contribution is 2.30. The van der Waals surface area contributed by atoms with Crippen molar-refractivity contribution in [2.24, 2.45) is 11.8 Å². The molecule has 1 atom stereocenters. The highest BCUT2D eigenvalue weighted by Gasteiger charge is 2.23. The lowest BCUT2D eigenvalue weighted by molar-refractivity contribution is 0.312. The molecule has 1 unspecified atom stereocenters. The Balaban J connectivity index is 2.08. The largest absolute Gasteiger partial charge is 0.366 e. The highest BCUT2D eigenvalue weighted by atomic mass is 79.9. The molecule has 0 saturated heterocycles. The molecule has 1 fully saturated rings. The topological polar surface area (TPSA) is 75.9 Å². The molecule has 1 aliphatic carbocycles. The first-order valence-electron chi connectivity index (χ1n) is 7.00. The summed E-state index contributed by atoms with van der Waals surface area (Å²) in [6, 6.07) is 0.470. The molecule has 19 heavy (non-hydrogen) atoms.